The Morgan fingerprint density at radius 1 is 1.44 bits per heavy atom. The Morgan fingerprint density at radius 3 is 2.89 bits per heavy atom. The third kappa shape index (κ3) is 2.86. The molecule has 0 aliphatic carbocycles. The van der Waals surface area contributed by atoms with Gasteiger partial charge in [-0.3, -0.25) is 0 Å². The van der Waals surface area contributed by atoms with E-state index in [1.807, 2.05) is 29.9 Å². The number of aryl methyl sites for hydroxylation is 1. The first-order valence-electron chi connectivity index (χ1n) is 5.70. The quantitative estimate of drug-likeness (QED) is 0.840. The summed E-state index contributed by atoms with van der Waals surface area (Å²) in [5.41, 5.74) is 7.89. The van der Waals surface area contributed by atoms with Crippen LogP contribution in [0.3, 0.4) is 0 Å². The highest BCUT2D eigenvalue weighted by Crippen LogP contribution is 2.25. The molecule has 18 heavy (non-hydrogen) atoms. The molecule has 96 valence electrons. The predicted octanol–water partition coefficient (Wildman–Crippen LogP) is 2.18. The summed E-state index contributed by atoms with van der Waals surface area (Å²) in [4.78, 5) is 4.28. The van der Waals surface area contributed by atoms with Crippen LogP contribution in [0.15, 0.2) is 35.7 Å². The standard InChI is InChI=1S/C13H17N3OS/c1-16-6-5-15-13(16)18-9-10-3-4-11(8-14)12(7-10)17-2/h3-7H,8-9,14H2,1-2H3. The minimum Gasteiger partial charge on any atom is -0.496 e. The fraction of sp³-hybridized carbons (Fsp3) is 0.308. The van der Waals surface area contributed by atoms with Crippen LogP contribution in [-0.4, -0.2) is 16.7 Å². The lowest BCUT2D eigenvalue weighted by Crippen LogP contribution is -2.00. The lowest BCUT2D eigenvalue weighted by molar-refractivity contribution is 0.409. The highest BCUT2D eigenvalue weighted by atomic mass is 32.2. The maximum atomic E-state index is 5.65. The van der Waals surface area contributed by atoms with Crippen LogP contribution in [0.5, 0.6) is 5.75 Å². The van der Waals surface area contributed by atoms with Crippen molar-refractivity contribution in [3.8, 4) is 5.75 Å². The van der Waals surface area contributed by atoms with Crippen molar-refractivity contribution >= 4 is 11.8 Å². The monoisotopic (exact) mass is 263 g/mol. The summed E-state index contributed by atoms with van der Waals surface area (Å²) in [5.74, 6) is 1.72. The maximum Gasteiger partial charge on any atom is 0.167 e. The van der Waals surface area contributed by atoms with Crippen LogP contribution in [0.4, 0.5) is 0 Å². The van der Waals surface area contributed by atoms with Crippen molar-refractivity contribution in [2.75, 3.05) is 7.11 Å². The molecule has 5 heteroatoms. The largest absolute Gasteiger partial charge is 0.496 e. The van der Waals surface area contributed by atoms with Gasteiger partial charge in [-0.15, -0.1) is 0 Å². The van der Waals surface area contributed by atoms with Crippen LogP contribution in [0.1, 0.15) is 11.1 Å². The minimum atomic E-state index is 0.496. The number of benzene rings is 1. The number of aromatic nitrogens is 2. The van der Waals surface area contributed by atoms with Crippen molar-refractivity contribution in [1.29, 1.82) is 0 Å². The Labute approximate surface area is 111 Å². The number of nitrogens with zero attached hydrogens (tertiary/aromatic N) is 2. The van der Waals surface area contributed by atoms with Gasteiger partial charge in [-0.2, -0.15) is 0 Å². The third-order valence-corrected chi connectivity index (χ3v) is 3.85. The molecule has 0 saturated heterocycles. The van der Waals surface area contributed by atoms with Crippen molar-refractivity contribution < 1.29 is 4.74 Å². The molecule has 0 saturated carbocycles. The van der Waals surface area contributed by atoms with Crippen molar-refractivity contribution in [3.63, 3.8) is 0 Å². The Hall–Kier alpha value is -1.46. The van der Waals surface area contributed by atoms with Crippen LogP contribution in [0, 0.1) is 0 Å². The molecular weight excluding hydrogens is 246 g/mol. The van der Waals surface area contributed by atoms with Crippen molar-refractivity contribution in [2.45, 2.75) is 17.5 Å². The fourth-order valence-electron chi connectivity index (χ4n) is 1.69. The van der Waals surface area contributed by atoms with E-state index in [0.717, 1.165) is 22.2 Å². The molecule has 0 unspecified atom stereocenters. The van der Waals surface area contributed by atoms with E-state index in [2.05, 4.69) is 11.1 Å². The first-order valence-corrected chi connectivity index (χ1v) is 6.69. The van der Waals surface area contributed by atoms with Crippen LogP contribution >= 0.6 is 11.8 Å². The fourth-order valence-corrected chi connectivity index (χ4v) is 2.56. The Kier molecular flexibility index (Phi) is 4.28. The van der Waals surface area contributed by atoms with E-state index in [9.17, 15) is 0 Å². The van der Waals surface area contributed by atoms with Gasteiger partial charge in [-0.1, -0.05) is 23.9 Å². The topological polar surface area (TPSA) is 53.1 Å². The highest BCUT2D eigenvalue weighted by molar-refractivity contribution is 7.98. The first kappa shape index (κ1) is 13.0. The first-order chi connectivity index (χ1) is 8.74. The predicted molar refractivity (Wildman–Crippen MR) is 73.7 cm³/mol. The Morgan fingerprint density at radius 2 is 2.28 bits per heavy atom. The zero-order chi connectivity index (χ0) is 13.0. The number of rotatable bonds is 5. The van der Waals surface area contributed by atoms with E-state index in [4.69, 9.17) is 10.5 Å². The van der Waals surface area contributed by atoms with E-state index in [0.29, 0.717) is 6.54 Å². The normalized spacial score (nSPS) is 10.6. The lowest BCUT2D eigenvalue weighted by Gasteiger charge is -2.09. The number of nitrogens with two attached hydrogens (primary N) is 1. The summed E-state index contributed by atoms with van der Waals surface area (Å²) in [6, 6.07) is 6.14. The summed E-state index contributed by atoms with van der Waals surface area (Å²) in [6.07, 6.45) is 3.75. The molecule has 1 aromatic heterocycles. The zero-order valence-electron chi connectivity index (χ0n) is 10.6. The smallest absolute Gasteiger partial charge is 0.167 e. The Bertz CT molecular complexity index is 525. The summed E-state index contributed by atoms with van der Waals surface area (Å²) in [7, 11) is 3.66. The molecule has 0 radical (unpaired) electrons. The average Bonchev–Trinajstić information content (AvgIpc) is 2.81. The molecule has 1 aromatic carbocycles. The molecule has 0 atom stereocenters. The van der Waals surface area contributed by atoms with Crippen molar-refractivity contribution in [3.05, 3.63) is 41.7 Å². The van der Waals surface area contributed by atoms with Gasteiger partial charge in [-0.05, 0) is 11.6 Å². The van der Waals surface area contributed by atoms with Gasteiger partial charge in [0.25, 0.3) is 0 Å². The van der Waals surface area contributed by atoms with Gasteiger partial charge in [0.15, 0.2) is 5.16 Å². The van der Waals surface area contributed by atoms with Crippen molar-refractivity contribution in [1.82, 2.24) is 9.55 Å². The molecule has 0 spiro atoms. The number of methoxy groups -OCH3 is 1. The van der Waals surface area contributed by atoms with E-state index in [1.165, 1.54) is 5.56 Å². The molecular formula is C13H17N3OS. The van der Waals surface area contributed by atoms with Gasteiger partial charge >= 0.3 is 0 Å². The molecule has 1 heterocycles. The minimum absolute atomic E-state index is 0.496. The van der Waals surface area contributed by atoms with E-state index < -0.39 is 0 Å². The number of imidazole rings is 1. The van der Waals surface area contributed by atoms with E-state index >= 15 is 0 Å². The number of hydrogen-bond acceptors (Lipinski definition) is 4. The molecule has 2 rings (SSSR count). The molecule has 0 aliphatic rings. The van der Waals surface area contributed by atoms with E-state index in [1.54, 1.807) is 25.1 Å². The van der Waals surface area contributed by atoms with Gasteiger partial charge in [0.1, 0.15) is 5.75 Å². The SMILES string of the molecule is COc1cc(CSc2nccn2C)ccc1CN. The summed E-state index contributed by atoms with van der Waals surface area (Å²) >= 11 is 1.70. The second kappa shape index (κ2) is 5.93. The van der Waals surface area contributed by atoms with E-state index in [-0.39, 0.29) is 0 Å². The number of hydrogen-bond donors (Lipinski definition) is 1. The summed E-state index contributed by atoms with van der Waals surface area (Å²) in [6.45, 7) is 0.496. The van der Waals surface area contributed by atoms with Gasteiger partial charge in [-0.25, -0.2) is 4.98 Å². The molecule has 0 bridgehead atoms. The maximum absolute atomic E-state index is 5.65. The molecule has 0 fully saturated rings. The van der Waals surface area contributed by atoms with Gasteiger partial charge in [0.05, 0.1) is 7.11 Å². The second-order valence-corrected chi connectivity index (χ2v) is 4.90. The number of thioether (sulfide) groups is 1. The molecule has 4 nitrogen and oxygen atoms in total. The van der Waals surface area contributed by atoms with Crippen molar-refractivity contribution in [2.24, 2.45) is 12.8 Å². The van der Waals surface area contributed by atoms with Gasteiger partial charge < -0.3 is 15.0 Å². The third-order valence-electron chi connectivity index (χ3n) is 2.72. The Balaban J connectivity index is 2.08. The molecule has 2 N–H and O–H groups in total. The number of ether oxygens (including phenoxy) is 1. The van der Waals surface area contributed by atoms with Crippen LogP contribution < -0.4 is 10.5 Å². The van der Waals surface area contributed by atoms with Crippen LogP contribution in [0.25, 0.3) is 0 Å². The average molecular weight is 263 g/mol. The molecule has 2 aromatic rings. The molecule has 0 aliphatic heterocycles. The zero-order valence-corrected chi connectivity index (χ0v) is 11.4. The van der Waals surface area contributed by atoms with Gasteiger partial charge in [0.2, 0.25) is 0 Å². The van der Waals surface area contributed by atoms with Gasteiger partial charge in [0, 0.05) is 37.3 Å². The highest BCUT2D eigenvalue weighted by Gasteiger charge is 2.05. The summed E-state index contributed by atoms with van der Waals surface area (Å²) < 4.78 is 7.34. The second-order valence-electron chi connectivity index (χ2n) is 3.96. The summed E-state index contributed by atoms with van der Waals surface area (Å²) in [5, 5.41) is 1.01. The van der Waals surface area contributed by atoms with Crippen LogP contribution in [0.2, 0.25) is 0 Å². The lowest BCUT2D eigenvalue weighted by atomic mass is 10.1. The molecule has 0 amide bonds. The van der Waals surface area contributed by atoms with Crippen LogP contribution in [-0.2, 0) is 19.3 Å².